The molecule has 0 N–H and O–H groups in total. The topological polar surface area (TPSA) is 27.1 Å². The number of fused-ring (bicyclic) bond motifs is 3. The summed E-state index contributed by atoms with van der Waals surface area (Å²) in [6, 6.07) is 52.6. The van der Waals surface area contributed by atoms with E-state index in [1.807, 2.05) is 91.0 Å². The second-order valence-electron chi connectivity index (χ2n) is 8.81. The maximum absolute atomic E-state index is 6.28. The minimum absolute atomic E-state index is 0. The van der Waals surface area contributed by atoms with Crippen molar-refractivity contribution in [2.45, 2.75) is 0 Å². The van der Waals surface area contributed by atoms with E-state index in [0.717, 1.165) is 49.9 Å². The van der Waals surface area contributed by atoms with Crippen LogP contribution in [0.4, 0.5) is 0 Å². The van der Waals surface area contributed by atoms with Gasteiger partial charge in [-0.2, -0.15) is 78.4 Å². The number of aromatic nitrogens is 2. The quantitative estimate of drug-likeness (QED) is 0.165. The van der Waals surface area contributed by atoms with E-state index in [2.05, 4.69) is 53.1 Å². The summed E-state index contributed by atoms with van der Waals surface area (Å²) in [7, 11) is 0. The second-order valence-corrected chi connectivity index (χ2v) is 8.81. The summed E-state index contributed by atoms with van der Waals surface area (Å²) in [6.07, 6.45) is 1.77. The van der Waals surface area contributed by atoms with E-state index in [4.69, 9.17) is 9.72 Å². The molecule has 0 bridgehead atoms. The summed E-state index contributed by atoms with van der Waals surface area (Å²) in [5, 5.41) is 2.19. The maximum atomic E-state index is 6.28. The van der Waals surface area contributed by atoms with Gasteiger partial charge in [-0.3, -0.25) is 0 Å². The van der Waals surface area contributed by atoms with Crippen LogP contribution in [-0.4, -0.2) is 9.55 Å². The number of ether oxygens (including phenoxy) is 1. The number of para-hydroxylation sites is 1. The molecule has 2 aromatic heterocycles. The van der Waals surface area contributed by atoms with Gasteiger partial charge in [0, 0.05) is 76.6 Å². The molecule has 0 unspecified atom stereocenters. The first-order valence-electron chi connectivity index (χ1n) is 12.3. The molecule has 0 saturated carbocycles. The van der Waals surface area contributed by atoms with Gasteiger partial charge in [0.25, 0.3) is 0 Å². The summed E-state index contributed by atoms with van der Waals surface area (Å²) >= 11 is 0. The third-order valence-electron chi connectivity index (χ3n) is 6.46. The van der Waals surface area contributed by atoms with Gasteiger partial charge in [0.1, 0.15) is 0 Å². The van der Waals surface area contributed by atoms with Crippen molar-refractivity contribution >= 4 is 21.8 Å². The molecule has 3 nitrogen and oxygen atoms in total. The van der Waals surface area contributed by atoms with Crippen LogP contribution in [0.1, 0.15) is 0 Å². The van der Waals surface area contributed by atoms with E-state index >= 15 is 0 Å². The average Bonchev–Trinajstić information content (AvgIpc) is 3.32. The van der Waals surface area contributed by atoms with Gasteiger partial charge in [-0.15, -0.1) is 47.9 Å². The van der Waals surface area contributed by atoms with E-state index in [9.17, 15) is 0 Å². The summed E-state index contributed by atoms with van der Waals surface area (Å²) in [4.78, 5) is 4.80. The van der Waals surface area contributed by atoms with Crippen molar-refractivity contribution in [3.63, 3.8) is 0 Å². The summed E-state index contributed by atoms with van der Waals surface area (Å²) < 4.78 is 8.41. The minimum Gasteiger partial charge on any atom is -0.504 e. The summed E-state index contributed by atoms with van der Waals surface area (Å²) in [5.74, 6) is 1.98. The van der Waals surface area contributed by atoms with Crippen LogP contribution in [0.2, 0.25) is 0 Å². The third kappa shape index (κ3) is 5.35. The molecule has 7 rings (SSSR count). The molecule has 0 aliphatic heterocycles. The zero-order valence-corrected chi connectivity index (χ0v) is 26.3. The Bertz CT molecular complexity index is 1900. The molecule has 2 heterocycles. The van der Waals surface area contributed by atoms with E-state index in [1.165, 1.54) is 0 Å². The molecule has 1 radical (unpaired) electrons. The second kappa shape index (κ2) is 12.4. The smallest absolute Gasteiger partial charge is 0.0323 e. The van der Waals surface area contributed by atoms with Gasteiger partial charge in [0.2, 0.25) is 0 Å². The predicted molar refractivity (Wildman–Crippen MR) is 150 cm³/mol. The Morgan fingerprint density at radius 1 is 0.600 bits per heavy atom. The molecular weight excluding hydrogens is 748 g/mol. The maximum Gasteiger partial charge on any atom is 0.0323 e. The van der Waals surface area contributed by atoms with Crippen LogP contribution in [-0.2, 0) is 53.8 Å². The SMILES string of the molecule is [Pt].[Y].[c-]1ccccc1-c1[c-]c(Oc2[c-]c3c(cc2)c2ccccc2n3-c2ncc[c-]c2-c2[c-]cccc2)ccc1. The van der Waals surface area contributed by atoms with Crippen molar-refractivity contribution < 1.29 is 58.5 Å². The van der Waals surface area contributed by atoms with Crippen LogP contribution in [0, 0.1) is 30.3 Å². The molecule has 7 aromatic rings. The van der Waals surface area contributed by atoms with Gasteiger partial charge in [-0.25, -0.2) is 16.7 Å². The fraction of sp³-hybridized carbons (Fsp3) is 0. The van der Waals surface area contributed by atoms with E-state index in [-0.39, 0.29) is 53.8 Å². The molecular formula is C35H19N2OPtY-5. The minimum atomic E-state index is 0. The number of hydrogen-bond donors (Lipinski definition) is 0. The van der Waals surface area contributed by atoms with Crippen molar-refractivity contribution in [2.24, 2.45) is 0 Å². The first-order chi connectivity index (χ1) is 18.8. The third-order valence-corrected chi connectivity index (χ3v) is 6.46. The Labute approximate surface area is 273 Å². The van der Waals surface area contributed by atoms with Crippen LogP contribution < -0.4 is 4.74 Å². The number of rotatable bonds is 5. The molecule has 0 fully saturated rings. The van der Waals surface area contributed by atoms with Crippen molar-refractivity contribution in [1.82, 2.24) is 9.55 Å². The van der Waals surface area contributed by atoms with Gasteiger partial charge >= 0.3 is 0 Å². The van der Waals surface area contributed by atoms with Crippen LogP contribution in [0.25, 0.3) is 49.9 Å². The van der Waals surface area contributed by atoms with Crippen molar-refractivity contribution in [3.05, 3.63) is 146 Å². The molecule has 193 valence electrons. The Kier molecular flexibility index (Phi) is 8.76. The number of pyridine rings is 1. The predicted octanol–water partition coefficient (Wildman–Crippen LogP) is 8.30. The van der Waals surface area contributed by atoms with E-state index < -0.39 is 0 Å². The number of nitrogens with zero attached hydrogens (tertiary/aromatic N) is 2. The van der Waals surface area contributed by atoms with Gasteiger partial charge in [-0.1, -0.05) is 29.9 Å². The van der Waals surface area contributed by atoms with Crippen molar-refractivity contribution in [1.29, 1.82) is 0 Å². The standard InChI is InChI=1S/C35H19N2O.Pt.Y/c1-3-11-25(12-4-1)27-15-9-16-28(23-27)38-29-20-21-32-31-17-7-8-19-33(31)37(34(32)24-29)35-30(18-10-22-36-35)26-13-5-2-6-14-26;;/h1-11,13,15-17,19-22H;;/q-5;;. The van der Waals surface area contributed by atoms with Crippen LogP contribution in [0.3, 0.4) is 0 Å². The van der Waals surface area contributed by atoms with Crippen LogP contribution >= 0.6 is 0 Å². The normalized spacial score (nSPS) is 10.6. The summed E-state index contributed by atoms with van der Waals surface area (Å²) in [6.45, 7) is 0. The molecule has 40 heavy (non-hydrogen) atoms. The summed E-state index contributed by atoms with van der Waals surface area (Å²) in [5.41, 5.74) is 5.60. The van der Waals surface area contributed by atoms with Crippen molar-refractivity contribution in [2.75, 3.05) is 0 Å². The first-order valence-corrected chi connectivity index (χ1v) is 12.3. The number of benzene rings is 5. The Hall–Kier alpha value is -3.36. The largest absolute Gasteiger partial charge is 0.504 e. The van der Waals surface area contributed by atoms with Crippen molar-refractivity contribution in [3.8, 4) is 39.6 Å². The number of hydrogen-bond acceptors (Lipinski definition) is 2. The van der Waals surface area contributed by atoms with Gasteiger partial charge in [-0.05, 0) is 11.5 Å². The molecule has 0 amide bonds. The van der Waals surface area contributed by atoms with Gasteiger partial charge in [0.15, 0.2) is 0 Å². The Balaban J connectivity index is 0.00000161. The zero-order chi connectivity index (χ0) is 25.3. The fourth-order valence-corrected chi connectivity index (χ4v) is 4.77. The van der Waals surface area contributed by atoms with Crippen LogP contribution in [0.15, 0.2) is 115 Å². The van der Waals surface area contributed by atoms with Crippen LogP contribution in [0.5, 0.6) is 11.5 Å². The monoisotopic (exact) mass is 767 g/mol. The molecule has 0 spiro atoms. The molecule has 5 aromatic carbocycles. The zero-order valence-electron chi connectivity index (χ0n) is 21.2. The molecule has 0 aliphatic carbocycles. The average molecular weight is 768 g/mol. The Morgan fingerprint density at radius 3 is 2.12 bits per heavy atom. The van der Waals surface area contributed by atoms with E-state index in [1.54, 1.807) is 6.20 Å². The van der Waals surface area contributed by atoms with Gasteiger partial charge < -0.3 is 14.3 Å². The van der Waals surface area contributed by atoms with E-state index in [0.29, 0.717) is 11.5 Å². The fourth-order valence-electron chi connectivity index (χ4n) is 4.77. The Morgan fingerprint density at radius 2 is 1.32 bits per heavy atom. The molecule has 5 heteroatoms. The van der Waals surface area contributed by atoms with Gasteiger partial charge in [0.05, 0.1) is 0 Å². The molecule has 0 saturated heterocycles. The molecule has 0 atom stereocenters. The molecule has 0 aliphatic rings. The first kappa shape index (κ1) is 28.2.